The summed E-state index contributed by atoms with van der Waals surface area (Å²) in [5.74, 6) is 1.49. The van der Waals surface area contributed by atoms with Gasteiger partial charge in [-0.3, -0.25) is 4.99 Å². The van der Waals surface area contributed by atoms with Gasteiger partial charge in [0, 0.05) is 63.9 Å². The lowest BCUT2D eigenvalue weighted by Crippen LogP contribution is -2.39. The predicted molar refractivity (Wildman–Crippen MR) is 135 cm³/mol. The summed E-state index contributed by atoms with van der Waals surface area (Å²) in [6, 6.07) is 10.3. The monoisotopic (exact) mass is 544 g/mol. The second kappa shape index (κ2) is 14.7. The van der Waals surface area contributed by atoms with Crippen molar-refractivity contribution in [1.82, 2.24) is 15.6 Å². The third-order valence-electron chi connectivity index (χ3n) is 4.92. The van der Waals surface area contributed by atoms with Crippen LogP contribution in [0, 0.1) is 5.92 Å². The number of nitrogens with zero attached hydrogens (tertiary/aromatic N) is 2. The van der Waals surface area contributed by atoms with Crippen molar-refractivity contribution in [2.75, 3.05) is 46.6 Å². The summed E-state index contributed by atoms with van der Waals surface area (Å²) in [6.07, 6.45) is 4.09. The van der Waals surface area contributed by atoms with E-state index in [4.69, 9.17) is 14.5 Å². The summed E-state index contributed by atoms with van der Waals surface area (Å²) in [5.41, 5.74) is 2.28. The van der Waals surface area contributed by atoms with Crippen LogP contribution in [0.25, 0.3) is 10.6 Å². The molecule has 6 nitrogen and oxygen atoms in total. The van der Waals surface area contributed by atoms with E-state index in [2.05, 4.69) is 33.1 Å². The Morgan fingerprint density at radius 3 is 2.73 bits per heavy atom. The van der Waals surface area contributed by atoms with Crippen LogP contribution in [0.2, 0.25) is 0 Å². The molecule has 0 saturated carbocycles. The van der Waals surface area contributed by atoms with Crippen molar-refractivity contribution >= 4 is 41.3 Å². The summed E-state index contributed by atoms with van der Waals surface area (Å²) in [7, 11) is 1.80. The number of nitrogens with one attached hydrogen (secondary N) is 2. The molecule has 1 aromatic heterocycles. The van der Waals surface area contributed by atoms with E-state index in [1.54, 1.807) is 18.4 Å². The van der Waals surface area contributed by atoms with E-state index in [1.165, 1.54) is 5.56 Å². The molecule has 0 aliphatic carbocycles. The highest BCUT2D eigenvalue weighted by molar-refractivity contribution is 14.0. The first-order valence-corrected chi connectivity index (χ1v) is 11.3. The quantitative estimate of drug-likeness (QED) is 0.205. The Kier molecular flexibility index (Phi) is 12.3. The zero-order valence-corrected chi connectivity index (χ0v) is 20.8. The van der Waals surface area contributed by atoms with E-state index in [0.717, 1.165) is 81.9 Å². The maximum atomic E-state index is 5.80. The highest BCUT2D eigenvalue weighted by atomic mass is 127. The van der Waals surface area contributed by atoms with Crippen LogP contribution in [0.1, 0.15) is 25.0 Å². The molecule has 0 atom stereocenters. The molecule has 1 aromatic carbocycles. The maximum absolute atomic E-state index is 5.80. The van der Waals surface area contributed by atoms with Crippen molar-refractivity contribution in [3.63, 3.8) is 0 Å². The molecule has 166 valence electrons. The molecule has 1 fully saturated rings. The molecule has 2 heterocycles. The van der Waals surface area contributed by atoms with Crippen molar-refractivity contribution in [2.45, 2.75) is 25.7 Å². The van der Waals surface area contributed by atoms with Gasteiger partial charge in [0.2, 0.25) is 0 Å². The zero-order valence-electron chi connectivity index (χ0n) is 17.6. The van der Waals surface area contributed by atoms with Gasteiger partial charge in [-0.15, -0.1) is 35.3 Å². The second-order valence-electron chi connectivity index (χ2n) is 7.17. The number of guanidine groups is 1. The van der Waals surface area contributed by atoms with Crippen LogP contribution >= 0.6 is 35.3 Å². The van der Waals surface area contributed by atoms with Gasteiger partial charge in [0.15, 0.2) is 5.96 Å². The summed E-state index contributed by atoms with van der Waals surface area (Å²) in [6.45, 7) is 5.05. The van der Waals surface area contributed by atoms with Crippen LogP contribution in [0.5, 0.6) is 0 Å². The third-order valence-corrected chi connectivity index (χ3v) is 5.86. The lowest BCUT2D eigenvalue weighted by molar-refractivity contribution is 0.0203. The maximum Gasteiger partial charge on any atom is 0.190 e. The van der Waals surface area contributed by atoms with Crippen LogP contribution in [0.3, 0.4) is 0 Å². The number of aromatic nitrogens is 1. The fraction of sp³-hybridized carbons (Fsp3) is 0.545. The molecule has 0 bridgehead atoms. The fourth-order valence-electron chi connectivity index (χ4n) is 3.21. The van der Waals surface area contributed by atoms with Crippen LogP contribution in [-0.2, 0) is 15.9 Å². The number of thiazole rings is 1. The van der Waals surface area contributed by atoms with Gasteiger partial charge in [-0.1, -0.05) is 30.3 Å². The molecular weight excluding hydrogens is 511 g/mol. The number of halogens is 1. The Balaban J connectivity index is 0.00000320. The average molecular weight is 545 g/mol. The number of ether oxygens (including phenoxy) is 2. The number of rotatable bonds is 10. The molecule has 0 amide bonds. The summed E-state index contributed by atoms with van der Waals surface area (Å²) < 4.78 is 11.2. The zero-order chi connectivity index (χ0) is 20.2. The minimum Gasteiger partial charge on any atom is -0.381 e. The van der Waals surface area contributed by atoms with Crippen LogP contribution in [0.15, 0.2) is 40.7 Å². The summed E-state index contributed by atoms with van der Waals surface area (Å²) >= 11 is 1.69. The number of aliphatic imine (C=N–C) groups is 1. The smallest absolute Gasteiger partial charge is 0.190 e. The Morgan fingerprint density at radius 1 is 1.20 bits per heavy atom. The second-order valence-corrected chi connectivity index (χ2v) is 8.03. The van der Waals surface area contributed by atoms with E-state index in [1.807, 2.05) is 18.2 Å². The summed E-state index contributed by atoms with van der Waals surface area (Å²) in [4.78, 5) is 9.02. The molecule has 0 spiro atoms. The lowest BCUT2D eigenvalue weighted by atomic mass is 10.0. The highest BCUT2D eigenvalue weighted by Gasteiger charge is 2.13. The molecule has 1 aliphatic heterocycles. The SMILES string of the molecule is CN=C(NCCCOCC1CCOCC1)NCCc1csc(-c2ccccc2)n1.I. The Bertz CT molecular complexity index is 736. The van der Waals surface area contributed by atoms with Crippen molar-refractivity contribution in [2.24, 2.45) is 10.9 Å². The van der Waals surface area contributed by atoms with E-state index >= 15 is 0 Å². The predicted octanol–water partition coefficient (Wildman–Crippen LogP) is 3.97. The number of hydrogen-bond donors (Lipinski definition) is 2. The number of benzene rings is 1. The van der Waals surface area contributed by atoms with Crippen molar-refractivity contribution in [1.29, 1.82) is 0 Å². The van der Waals surface area contributed by atoms with Gasteiger partial charge in [-0.25, -0.2) is 4.98 Å². The van der Waals surface area contributed by atoms with E-state index in [-0.39, 0.29) is 24.0 Å². The third kappa shape index (κ3) is 8.87. The van der Waals surface area contributed by atoms with E-state index in [9.17, 15) is 0 Å². The van der Waals surface area contributed by atoms with Gasteiger partial charge in [-0.2, -0.15) is 0 Å². The van der Waals surface area contributed by atoms with Gasteiger partial charge >= 0.3 is 0 Å². The molecule has 1 saturated heterocycles. The van der Waals surface area contributed by atoms with Crippen molar-refractivity contribution in [3.8, 4) is 10.6 Å². The Morgan fingerprint density at radius 2 is 1.97 bits per heavy atom. The van der Waals surface area contributed by atoms with Gasteiger partial charge in [0.25, 0.3) is 0 Å². The topological polar surface area (TPSA) is 67.8 Å². The highest BCUT2D eigenvalue weighted by Crippen LogP contribution is 2.23. The molecule has 3 rings (SSSR count). The molecule has 8 heteroatoms. The van der Waals surface area contributed by atoms with Crippen LogP contribution in [-0.4, -0.2) is 57.5 Å². The van der Waals surface area contributed by atoms with Crippen molar-refractivity contribution in [3.05, 3.63) is 41.4 Å². The minimum atomic E-state index is 0. The first kappa shape index (κ1) is 25.0. The lowest BCUT2D eigenvalue weighted by Gasteiger charge is -2.21. The van der Waals surface area contributed by atoms with Gasteiger partial charge in [0.05, 0.1) is 5.69 Å². The standard InChI is InChI=1S/C22H32N4O2S.HI/c1-23-22(24-11-5-13-28-16-18-9-14-27-15-10-18)25-12-8-20-17-29-21(26-20)19-6-3-2-4-7-19;/h2-4,6-7,17-18H,5,8-16H2,1H3,(H2,23,24,25);1H. The molecule has 0 radical (unpaired) electrons. The number of hydrogen-bond acceptors (Lipinski definition) is 5. The van der Waals surface area contributed by atoms with Gasteiger partial charge in [-0.05, 0) is 25.2 Å². The van der Waals surface area contributed by atoms with Gasteiger partial charge < -0.3 is 20.1 Å². The van der Waals surface area contributed by atoms with Crippen LogP contribution in [0.4, 0.5) is 0 Å². The van der Waals surface area contributed by atoms with E-state index in [0.29, 0.717) is 5.92 Å². The average Bonchev–Trinajstić information content (AvgIpc) is 3.25. The Hall–Kier alpha value is -1.23. The molecule has 2 aromatic rings. The fourth-order valence-corrected chi connectivity index (χ4v) is 4.07. The van der Waals surface area contributed by atoms with Crippen LogP contribution < -0.4 is 10.6 Å². The molecule has 0 unspecified atom stereocenters. The van der Waals surface area contributed by atoms with Gasteiger partial charge in [0.1, 0.15) is 5.01 Å². The van der Waals surface area contributed by atoms with Crippen molar-refractivity contribution < 1.29 is 9.47 Å². The normalized spacial score (nSPS) is 14.9. The molecular formula is C22H33IN4O2S. The Labute approximate surface area is 200 Å². The summed E-state index contributed by atoms with van der Waals surface area (Å²) in [5, 5.41) is 9.91. The molecule has 2 N–H and O–H groups in total. The first-order chi connectivity index (χ1) is 14.3. The largest absolute Gasteiger partial charge is 0.381 e. The van der Waals surface area contributed by atoms with E-state index < -0.39 is 0 Å². The first-order valence-electron chi connectivity index (χ1n) is 10.4. The molecule has 30 heavy (non-hydrogen) atoms. The minimum absolute atomic E-state index is 0. The molecule has 1 aliphatic rings.